The average molecular weight is 522 g/mol. The van der Waals surface area contributed by atoms with E-state index in [0.29, 0.717) is 35.4 Å². The van der Waals surface area contributed by atoms with Crippen molar-refractivity contribution in [3.8, 4) is 0 Å². The van der Waals surface area contributed by atoms with Crippen LogP contribution < -0.4 is 5.32 Å². The number of nitrogens with one attached hydrogen (secondary N) is 1. The predicted molar refractivity (Wildman–Crippen MR) is 123 cm³/mol. The molecular weight excluding hydrogens is 497 g/mol. The van der Waals surface area contributed by atoms with Crippen LogP contribution in [-0.2, 0) is 16.4 Å². The number of nitrogens with zero attached hydrogens (tertiary/aromatic N) is 2. The van der Waals surface area contributed by atoms with Crippen LogP contribution in [-0.4, -0.2) is 45.7 Å². The minimum absolute atomic E-state index is 0. The smallest absolute Gasteiger partial charge is 0.193 e. The number of hydrogen-bond acceptors (Lipinski definition) is 3. The number of hydrogen-bond donors (Lipinski definition) is 1. The first-order chi connectivity index (χ1) is 12.4. The first kappa shape index (κ1) is 23.7. The second kappa shape index (κ2) is 11.5. The van der Waals surface area contributed by atoms with Gasteiger partial charge in [0.15, 0.2) is 15.8 Å². The molecule has 0 heterocycles. The molecule has 148 valence electrons. The second-order valence-corrected chi connectivity index (χ2v) is 8.49. The van der Waals surface area contributed by atoms with E-state index in [1.807, 2.05) is 36.2 Å². The lowest BCUT2D eigenvalue weighted by atomic mass is 10.2. The lowest BCUT2D eigenvalue weighted by Gasteiger charge is -2.22. The van der Waals surface area contributed by atoms with Crippen molar-refractivity contribution in [2.24, 2.45) is 4.99 Å². The zero-order valence-electron chi connectivity index (χ0n) is 15.4. The summed E-state index contributed by atoms with van der Waals surface area (Å²) >= 11 is 6.02. The normalized spacial score (nSPS) is 11.6. The summed E-state index contributed by atoms with van der Waals surface area (Å²) in [5, 5.41) is 3.91. The van der Waals surface area contributed by atoms with Gasteiger partial charge in [-0.15, -0.1) is 24.0 Å². The molecule has 0 bridgehead atoms. The largest absolute Gasteiger partial charge is 0.356 e. The molecule has 0 unspecified atom stereocenters. The first-order valence-electron chi connectivity index (χ1n) is 8.36. The van der Waals surface area contributed by atoms with Crippen LogP contribution in [0.1, 0.15) is 12.0 Å². The van der Waals surface area contributed by atoms with Crippen LogP contribution >= 0.6 is 35.6 Å². The number of halogens is 2. The summed E-state index contributed by atoms with van der Waals surface area (Å²) in [4.78, 5) is 6.58. The van der Waals surface area contributed by atoms with Crippen molar-refractivity contribution >= 4 is 51.4 Å². The first-order valence-corrected chi connectivity index (χ1v) is 10.4. The van der Waals surface area contributed by atoms with Gasteiger partial charge in [0.1, 0.15) is 0 Å². The minimum atomic E-state index is -3.25. The van der Waals surface area contributed by atoms with Crippen LogP contribution in [0.5, 0.6) is 0 Å². The van der Waals surface area contributed by atoms with E-state index in [2.05, 4.69) is 10.3 Å². The van der Waals surface area contributed by atoms with E-state index < -0.39 is 9.84 Å². The third-order valence-corrected chi connectivity index (χ3v) is 5.91. The lowest BCUT2D eigenvalue weighted by Crippen LogP contribution is -2.39. The minimum Gasteiger partial charge on any atom is -0.356 e. The Morgan fingerprint density at radius 1 is 1.15 bits per heavy atom. The van der Waals surface area contributed by atoms with E-state index in [1.54, 1.807) is 37.4 Å². The second-order valence-electron chi connectivity index (χ2n) is 5.95. The molecule has 0 aliphatic rings. The molecule has 0 aliphatic carbocycles. The molecular formula is C19H25ClIN3O2S. The number of rotatable bonds is 7. The monoisotopic (exact) mass is 521 g/mol. The molecule has 5 nitrogen and oxygen atoms in total. The summed E-state index contributed by atoms with van der Waals surface area (Å²) in [7, 11) is 0.387. The fraction of sp³-hybridized carbons (Fsp3) is 0.316. The molecule has 8 heteroatoms. The van der Waals surface area contributed by atoms with E-state index in [9.17, 15) is 8.42 Å². The zero-order chi connectivity index (χ0) is 19.0. The molecule has 0 spiro atoms. The van der Waals surface area contributed by atoms with E-state index in [0.717, 1.165) is 5.56 Å². The summed E-state index contributed by atoms with van der Waals surface area (Å²) in [6.45, 7) is 1.18. The maximum absolute atomic E-state index is 12.3. The predicted octanol–water partition coefficient (Wildman–Crippen LogP) is 3.83. The number of sulfone groups is 1. The highest BCUT2D eigenvalue weighted by atomic mass is 127. The molecule has 0 fully saturated rings. The molecule has 0 amide bonds. The maximum Gasteiger partial charge on any atom is 0.193 e. The topological polar surface area (TPSA) is 61.8 Å². The summed E-state index contributed by atoms with van der Waals surface area (Å²) in [6, 6.07) is 16.2. The molecule has 0 radical (unpaired) electrons. The highest BCUT2D eigenvalue weighted by Crippen LogP contribution is 2.12. The third kappa shape index (κ3) is 7.67. The van der Waals surface area contributed by atoms with Crippen molar-refractivity contribution in [2.75, 3.05) is 26.4 Å². The van der Waals surface area contributed by atoms with Gasteiger partial charge in [0.05, 0.1) is 10.6 Å². The van der Waals surface area contributed by atoms with E-state index in [4.69, 9.17) is 11.6 Å². The Morgan fingerprint density at radius 2 is 1.85 bits per heavy atom. The van der Waals surface area contributed by atoms with E-state index in [-0.39, 0.29) is 29.7 Å². The van der Waals surface area contributed by atoms with Crippen molar-refractivity contribution < 1.29 is 8.42 Å². The van der Waals surface area contributed by atoms with Crippen molar-refractivity contribution in [3.05, 3.63) is 65.2 Å². The van der Waals surface area contributed by atoms with Gasteiger partial charge < -0.3 is 10.2 Å². The van der Waals surface area contributed by atoms with Gasteiger partial charge in [-0.25, -0.2) is 8.42 Å². The average Bonchev–Trinajstić information content (AvgIpc) is 2.62. The van der Waals surface area contributed by atoms with Crippen LogP contribution in [0.15, 0.2) is 64.5 Å². The quantitative estimate of drug-likeness (QED) is 0.260. The van der Waals surface area contributed by atoms with Gasteiger partial charge in [-0.2, -0.15) is 0 Å². The Balaban J connectivity index is 0.00000364. The molecule has 2 aromatic rings. The van der Waals surface area contributed by atoms with Gasteiger partial charge in [-0.1, -0.05) is 41.9 Å². The van der Waals surface area contributed by atoms with Gasteiger partial charge in [0.2, 0.25) is 0 Å². The molecule has 0 atom stereocenters. The Hall–Kier alpha value is -1.32. The lowest BCUT2D eigenvalue weighted by molar-refractivity contribution is 0.476. The summed E-state index contributed by atoms with van der Waals surface area (Å²) < 4.78 is 24.5. The molecule has 2 aromatic carbocycles. The fourth-order valence-electron chi connectivity index (χ4n) is 2.58. The van der Waals surface area contributed by atoms with Gasteiger partial charge in [-0.3, -0.25) is 4.99 Å². The van der Waals surface area contributed by atoms with Crippen molar-refractivity contribution in [1.82, 2.24) is 10.2 Å². The van der Waals surface area contributed by atoms with Gasteiger partial charge >= 0.3 is 0 Å². The van der Waals surface area contributed by atoms with Crippen LogP contribution in [0.25, 0.3) is 0 Å². The molecule has 2 rings (SSSR count). The number of aliphatic imine (C=N–C) groups is 1. The highest BCUT2D eigenvalue weighted by molar-refractivity contribution is 14.0. The van der Waals surface area contributed by atoms with Crippen molar-refractivity contribution in [3.63, 3.8) is 0 Å². The van der Waals surface area contributed by atoms with Gasteiger partial charge in [-0.05, 0) is 36.2 Å². The van der Waals surface area contributed by atoms with Crippen LogP contribution in [0, 0.1) is 0 Å². The molecule has 0 aromatic heterocycles. The Kier molecular flexibility index (Phi) is 10.1. The standard InChI is InChI=1S/C19H24ClN3O2S.HI/c1-21-19(23(2)15-16-8-6-9-17(20)14-16)22-12-7-13-26(24,25)18-10-4-3-5-11-18;/h3-6,8-11,14H,7,12-13,15H2,1-2H3,(H,21,22);1H. The SMILES string of the molecule is CN=C(NCCCS(=O)(=O)c1ccccc1)N(C)Cc1cccc(Cl)c1.I. The highest BCUT2D eigenvalue weighted by Gasteiger charge is 2.13. The maximum atomic E-state index is 12.3. The van der Waals surface area contributed by atoms with E-state index in [1.165, 1.54) is 0 Å². The van der Waals surface area contributed by atoms with Crippen molar-refractivity contribution in [2.45, 2.75) is 17.9 Å². The Labute approximate surface area is 183 Å². The molecule has 0 aliphatic heterocycles. The third-order valence-electron chi connectivity index (χ3n) is 3.86. The van der Waals surface area contributed by atoms with Crippen molar-refractivity contribution in [1.29, 1.82) is 0 Å². The molecule has 0 saturated carbocycles. The molecule has 0 saturated heterocycles. The fourth-order valence-corrected chi connectivity index (χ4v) is 4.12. The Bertz CT molecular complexity index is 845. The van der Waals surface area contributed by atoms with Crippen LogP contribution in [0.2, 0.25) is 5.02 Å². The zero-order valence-corrected chi connectivity index (χ0v) is 19.3. The summed E-state index contributed by atoms with van der Waals surface area (Å²) in [5.74, 6) is 0.807. The van der Waals surface area contributed by atoms with Gasteiger partial charge in [0, 0.05) is 32.2 Å². The van der Waals surface area contributed by atoms with Crippen LogP contribution in [0.4, 0.5) is 0 Å². The van der Waals surface area contributed by atoms with Crippen LogP contribution in [0.3, 0.4) is 0 Å². The van der Waals surface area contributed by atoms with Gasteiger partial charge in [0.25, 0.3) is 0 Å². The summed E-state index contributed by atoms with van der Waals surface area (Å²) in [5.41, 5.74) is 1.08. The number of benzene rings is 2. The summed E-state index contributed by atoms with van der Waals surface area (Å²) in [6.07, 6.45) is 0.501. The van der Waals surface area contributed by atoms with E-state index >= 15 is 0 Å². The molecule has 27 heavy (non-hydrogen) atoms. The Morgan fingerprint density at radius 3 is 2.48 bits per heavy atom. The number of guanidine groups is 1. The molecule has 1 N–H and O–H groups in total.